The molecule has 1 N–H and O–H groups in total. The molecular weight excluding hydrogens is 218 g/mol. The Labute approximate surface area is 102 Å². The molecule has 0 aromatic rings. The molecular formula is C13H21NO3. The average molecular weight is 239 g/mol. The molecule has 1 heterocycles. The van der Waals surface area contributed by atoms with Crippen molar-refractivity contribution in [3.05, 3.63) is 0 Å². The topological polar surface area (TPSA) is 57.6 Å². The van der Waals surface area contributed by atoms with E-state index in [1.165, 1.54) is 12.8 Å². The molecule has 1 unspecified atom stereocenters. The van der Waals surface area contributed by atoms with E-state index in [0.29, 0.717) is 13.0 Å². The number of carbonyl (C=O) groups excluding carboxylic acids is 1. The Hall–Kier alpha value is -1.06. The number of rotatable bonds is 2. The van der Waals surface area contributed by atoms with Gasteiger partial charge in [-0.05, 0) is 25.7 Å². The smallest absolute Gasteiger partial charge is 0.326 e. The SMILES string of the molecule is O=C(O)C1CCCN1C(=O)C1CCCCCC1. The highest BCUT2D eigenvalue weighted by Gasteiger charge is 2.36. The van der Waals surface area contributed by atoms with Gasteiger partial charge in [0.25, 0.3) is 0 Å². The number of carbonyl (C=O) groups is 2. The van der Waals surface area contributed by atoms with Gasteiger partial charge in [0, 0.05) is 12.5 Å². The second kappa shape index (κ2) is 5.52. The maximum atomic E-state index is 12.3. The van der Waals surface area contributed by atoms with Crippen LogP contribution in [0.4, 0.5) is 0 Å². The molecule has 1 saturated heterocycles. The van der Waals surface area contributed by atoms with Crippen molar-refractivity contribution >= 4 is 11.9 Å². The molecule has 0 aromatic heterocycles. The van der Waals surface area contributed by atoms with E-state index in [-0.39, 0.29) is 11.8 Å². The highest BCUT2D eigenvalue weighted by atomic mass is 16.4. The number of aliphatic carboxylic acids is 1. The lowest BCUT2D eigenvalue weighted by atomic mass is 9.98. The van der Waals surface area contributed by atoms with Crippen LogP contribution in [0.1, 0.15) is 51.4 Å². The van der Waals surface area contributed by atoms with Crippen LogP contribution in [0.25, 0.3) is 0 Å². The molecule has 2 rings (SSSR count). The van der Waals surface area contributed by atoms with Gasteiger partial charge in [-0.2, -0.15) is 0 Å². The van der Waals surface area contributed by atoms with E-state index in [4.69, 9.17) is 5.11 Å². The first-order valence-corrected chi connectivity index (χ1v) is 6.73. The number of carboxylic acid groups (broad SMARTS) is 1. The van der Waals surface area contributed by atoms with Gasteiger partial charge in [0.2, 0.25) is 5.91 Å². The van der Waals surface area contributed by atoms with E-state index >= 15 is 0 Å². The van der Waals surface area contributed by atoms with Crippen LogP contribution in [0.5, 0.6) is 0 Å². The van der Waals surface area contributed by atoms with Gasteiger partial charge in [0.1, 0.15) is 6.04 Å². The van der Waals surface area contributed by atoms with Crippen LogP contribution < -0.4 is 0 Å². The second-order valence-corrected chi connectivity index (χ2v) is 5.22. The fourth-order valence-electron chi connectivity index (χ4n) is 3.05. The quantitative estimate of drug-likeness (QED) is 0.750. The van der Waals surface area contributed by atoms with E-state index in [1.54, 1.807) is 4.90 Å². The van der Waals surface area contributed by atoms with E-state index in [9.17, 15) is 9.59 Å². The lowest BCUT2D eigenvalue weighted by molar-refractivity contribution is -0.150. The Bertz CT molecular complexity index is 295. The minimum absolute atomic E-state index is 0.0810. The molecule has 96 valence electrons. The van der Waals surface area contributed by atoms with Crippen LogP contribution in [0, 0.1) is 5.92 Å². The summed E-state index contributed by atoms with van der Waals surface area (Å²) in [5, 5.41) is 9.09. The third-order valence-electron chi connectivity index (χ3n) is 4.03. The first-order chi connectivity index (χ1) is 8.20. The summed E-state index contributed by atoms with van der Waals surface area (Å²) in [5.41, 5.74) is 0. The van der Waals surface area contributed by atoms with Crippen molar-refractivity contribution in [2.75, 3.05) is 6.54 Å². The average Bonchev–Trinajstić information content (AvgIpc) is 2.64. The molecule has 2 aliphatic rings. The predicted octanol–water partition coefficient (Wildman–Crippen LogP) is 2.03. The number of hydrogen-bond acceptors (Lipinski definition) is 2. The van der Waals surface area contributed by atoms with Gasteiger partial charge in [-0.1, -0.05) is 25.7 Å². The molecule has 2 fully saturated rings. The van der Waals surface area contributed by atoms with E-state index < -0.39 is 12.0 Å². The Morgan fingerprint density at radius 2 is 1.59 bits per heavy atom. The van der Waals surface area contributed by atoms with E-state index in [0.717, 1.165) is 32.1 Å². The number of amides is 1. The summed E-state index contributed by atoms with van der Waals surface area (Å²) >= 11 is 0. The minimum atomic E-state index is -0.843. The third kappa shape index (κ3) is 2.79. The molecule has 0 spiro atoms. The highest BCUT2D eigenvalue weighted by molar-refractivity contribution is 5.85. The van der Waals surface area contributed by atoms with Crippen LogP contribution in [-0.4, -0.2) is 34.5 Å². The summed E-state index contributed by atoms with van der Waals surface area (Å²) in [6.07, 6.45) is 7.99. The lowest BCUT2D eigenvalue weighted by Crippen LogP contribution is -2.43. The zero-order valence-electron chi connectivity index (χ0n) is 10.2. The van der Waals surface area contributed by atoms with Crippen LogP contribution in [0.15, 0.2) is 0 Å². The fraction of sp³-hybridized carbons (Fsp3) is 0.846. The van der Waals surface area contributed by atoms with Gasteiger partial charge < -0.3 is 10.0 Å². The van der Waals surface area contributed by atoms with Crippen molar-refractivity contribution in [2.45, 2.75) is 57.4 Å². The van der Waals surface area contributed by atoms with Crippen LogP contribution in [0.3, 0.4) is 0 Å². The second-order valence-electron chi connectivity index (χ2n) is 5.22. The summed E-state index contributed by atoms with van der Waals surface area (Å²) < 4.78 is 0. The normalized spacial score (nSPS) is 26.8. The molecule has 0 radical (unpaired) electrons. The van der Waals surface area contributed by atoms with Gasteiger partial charge in [-0.15, -0.1) is 0 Å². The Balaban J connectivity index is 2.00. The first kappa shape index (κ1) is 12.4. The number of carboxylic acids is 1. The first-order valence-electron chi connectivity index (χ1n) is 6.73. The molecule has 1 aliphatic heterocycles. The molecule has 4 nitrogen and oxygen atoms in total. The van der Waals surface area contributed by atoms with Gasteiger partial charge >= 0.3 is 5.97 Å². The summed E-state index contributed by atoms with van der Waals surface area (Å²) in [6.45, 7) is 0.631. The standard InChI is InChI=1S/C13H21NO3/c15-12(10-6-3-1-2-4-7-10)14-9-5-8-11(14)13(16)17/h10-11H,1-9H2,(H,16,17). The van der Waals surface area contributed by atoms with Crippen LogP contribution >= 0.6 is 0 Å². The van der Waals surface area contributed by atoms with Gasteiger partial charge in [-0.3, -0.25) is 4.79 Å². The van der Waals surface area contributed by atoms with E-state index in [1.807, 2.05) is 0 Å². The molecule has 1 aliphatic carbocycles. The summed E-state index contributed by atoms with van der Waals surface area (Å²) in [6, 6.07) is -0.564. The maximum absolute atomic E-state index is 12.3. The van der Waals surface area contributed by atoms with Crippen molar-refractivity contribution in [3.63, 3.8) is 0 Å². The predicted molar refractivity (Wildman–Crippen MR) is 63.6 cm³/mol. The third-order valence-corrected chi connectivity index (χ3v) is 4.03. The monoisotopic (exact) mass is 239 g/mol. The van der Waals surface area contributed by atoms with Crippen molar-refractivity contribution < 1.29 is 14.7 Å². The molecule has 1 saturated carbocycles. The summed E-state index contributed by atoms with van der Waals surface area (Å²) in [7, 11) is 0. The van der Waals surface area contributed by atoms with Crippen LogP contribution in [0.2, 0.25) is 0 Å². The molecule has 4 heteroatoms. The van der Waals surface area contributed by atoms with Gasteiger partial charge in [0.05, 0.1) is 0 Å². The van der Waals surface area contributed by atoms with Gasteiger partial charge in [0.15, 0.2) is 0 Å². The highest BCUT2D eigenvalue weighted by Crippen LogP contribution is 2.28. The molecule has 0 aromatic carbocycles. The summed E-state index contributed by atoms with van der Waals surface area (Å²) in [5.74, 6) is -0.668. The fourth-order valence-corrected chi connectivity index (χ4v) is 3.05. The molecule has 17 heavy (non-hydrogen) atoms. The Morgan fingerprint density at radius 3 is 2.18 bits per heavy atom. The lowest BCUT2D eigenvalue weighted by Gasteiger charge is -2.26. The Kier molecular flexibility index (Phi) is 4.02. The Morgan fingerprint density at radius 1 is 0.941 bits per heavy atom. The molecule has 1 atom stereocenters. The van der Waals surface area contributed by atoms with Crippen molar-refractivity contribution in [2.24, 2.45) is 5.92 Å². The molecule has 0 bridgehead atoms. The van der Waals surface area contributed by atoms with E-state index in [2.05, 4.69) is 0 Å². The number of nitrogens with zero attached hydrogens (tertiary/aromatic N) is 1. The number of hydrogen-bond donors (Lipinski definition) is 1. The van der Waals surface area contributed by atoms with Crippen LogP contribution in [-0.2, 0) is 9.59 Å². The largest absolute Gasteiger partial charge is 0.480 e. The van der Waals surface area contributed by atoms with Crippen molar-refractivity contribution in [1.29, 1.82) is 0 Å². The van der Waals surface area contributed by atoms with Crippen molar-refractivity contribution in [1.82, 2.24) is 4.90 Å². The minimum Gasteiger partial charge on any atom is -0.480 e. The van der Waals surface area contributed by atoms with Crippen molar-refractivity contribution in [3.8, 4) is 0 Å². The maximum Gasteiger partial charge on any atom is 0.326 e. The molecule has 1 amide bonds. The zero-order valence-corrected chi connectivity index (χ0v) is 10.2. The van der Waals surface area contributed by atoms with Gasteiger partial charge in [-0.25, -0.2) is 4.79 Å². The number of likely N-dealkylation sites (tertiary alicyclic amines) is 1. The summed E-state index contributed by atoms with van der Waals surface area (Å²) in [4.78, 5) is 25.0. The zero-order chi connectivity index (χ0) is 12.3.